The summed E-state index contributed by atoms with van der Waals surface area (Å²) >= 11 is 0. The first-order chi connectivity index (χ1) is 6.43. The summed E-state index contributed by atoms with van der Waals surface area (Å²) in [5, 5.41) is 3.42. The van der Waals surface area contributed by atoms with Crippen molar-refractivity contribution in [1.82, 2.24) is 5.32 Å². The van der Waals surface area contributed by atoms with E-state index in [0.717, 1.165) is 32.1 Å². The molecule has 1 aliphatic carbocycles. The largest absolute Gasteiger partial charge is 0.380 e. The van der Waals surface area contributed by atoms with Crippen LogP contribution in [0.5, 0.6) is 0 Å². The number of hydrogen-bond donors (Lipinski definition) is 1. The molecule has 0 aromatic rings. The summed E-state index contributed by atoms with van der Waals surface area (Å²) in [5.41, 5.74) is 0. The topological polar surface area (TPSA) is 21.3 Å². The highest BCUT2D eigenvalue weighted by Crippen LogP contribution is 2.28. The van der Waals surface area contributed by atoms with Gasteiger partial charge in [-0.2, -0.15) is 0 Å². The van der Waals surface area contributed by atoms with Gasteiger partial charge in [0, 0.05) is 13.2 Å². The maximum Gasteiger partial charge on any atom is 0.0590 e. The van der Waals surface area contributed by atoms with Crippen molar-refractivity contribution in [3.63, 3.8) is 0 Å². The zero-order valence-corrected chi connectivity index (χ0v) is 8.85. The van der Waals surface area contributed by atoms with Crippen molar-refractivity contribution in [2.75, 3.05) is 26.3 Å². The second-order valence-electron chi connectivity index (χ2n) is 3.95. The number of hydrogen-bond acceptors (Lipinski definition) is 2. The van der Waals surface area contributed by atoms with Gasteiger partial charge >= 0.3 is 0 Å². The summed E-state index contributed by atoms with van der Waals surface area (Å²) in [7, 11) is 0. The maximum absolute atomic E-state index is 5.37. The van der Waals surface area contributed by atoms with E-state index < -0.39 is 0 Å². The van der Waals surface area contributed by atoms with Crippen LogP contribution in [0.2, 0.25) is 0 Å². The van der Waals surface area contributed by atoms with Gasteiger partial charge in [-0.15, -0.1) is 0 Å². The fraction of sp³-hybridized carbons (Fsp3) is 1.00. The van der Waals surface area contributed by atoms with Gasteiger partial charge in [-0.05, 0) is 25.3 Å². The lowest BCUT2D eigenvalue weighted by molar-refractivity contribution is 0.136. The first kappa shape index (κ1) is 11.0. The van der Waals surface area contributed by atoms with Gasteiger partial charge in [-0.1, -0.05) is 26.2 Å². The van der Waals surface area contributed by atoms with Crippen molar-refractivity contribution in [3.05, 3.63) is 0 Å². The summed E-state index contributed by atoms with van der Waals surface area (Å²) in [5.74, 6) is 1.03. The lowest BCUT2D eigenvalue weighted by Crippen LogP contribution is -2.24. The average molecular weight is 185 g/mol. The van der Waals surface area contributed by atoms with Crippen LogP contribution in [0.4, 0.5) is 0 Å². The predicted octanol–water partition coefficient (Wildman–Crippen LogP) is 2.19. The highest BCUT2D eigenvalue weighted by atomic mass is 16.5. The molecular formula is C11H23NO. The van der Waals surface area contributed by atoms with Crippen LogP contribution in [-0.2, 0) is 4.74 Å². The summed E-state index contributed by atoms with van der Waals surface area (Å²) in [6, 6.07) is 0. The number of rotatable bonds is 8. The zero-order chi connectivity index (χ0) is 9.36. The van der Waals surface area contributed by atoms with E-state index in [1.54, 1.807) is 0 Å². The molecule has 0 heterocycles. The van der Waals surface area contributed by atoms with E-state index in [1.165, 1.54) is 32.2 Å². The van der Waals surface area contributed by atoms with Crippen LogP contribution in [-0.4, -0.2) is 26.3 Å². The van der Waals surface area contributed by atoms with E-state index in [2.05, 4.69) is 12.2 Å². The summed E-state index contributed by atoms with van der Waals surface area (Å²) in [4.78, 5) is 0. The second kappa shape index (κ2) is 7.34. The van der Waals surface area contributed by atoms with Crippen LogP contribution in [0.25, 0.3) is 0 Å². The molecule has 0 unspecified atom stereocenters. The second-order valence-corrected chi connectivity index (χ2v) is 3.95. The molecule has 1 N–H and O–H groups in total. The van der Waals surface area contributed by atoms with Crippen LogP contribution in [0.3, 0.4) is 0 Å². The molecule has 0 amide bonds. The molecule has 0 aromatic heterocycles. The monoisotopic (exact) mass is 185 g/mol. The highest BCUT2D eigenvalue weighted by Gasteiger charge is 2.15. The van der Waals surface area contributed by atoms with E-state index in [4.69, 9.17) is 4.74 Å². The van der Waals surface area contributed by atoms with Gasteiger partial charge in [0.1, 0.15) is 0 Å². The van der Waals surface area contributed by atoms with E-state index in [1.807, 2.05) is 0 Å². The van der Waals surface area contributed by atoms with Gasteiger partial charge in [0.25, 0.3) is 0 Å². The minimum absolute atomic E-state index is 0.874. The van der Waals surface area contributed by atoms with Crippen molar-refractivity contribution in [3.8, 4) is 0 Å². The minimum Gasteiger partial charge on any atom is -0.380 e. The quantitative estimate of drug-likeness (QED) is 0.585. The van der Waals surface area contributed by atoms with Gasteiger partial charge in [0.15, 0.2) is 0 Å². The molecule has 0 atom stereocenters. The molecule has 13 heavy (non-hydrogen) atoms. The Bertz CT molecular complexity index is 113. The molecule has 2 heteroatoms. The highest BCUT2D eigenvalue weighted by molar-refractivity contribution is 4.70. The predicted molar refractivity (Wildman–Crippen MR) is 55.9 cm³/mol. The molecule has 1 saturated carbocycles. The Morgan fingerprint density at radius 2 is 2.08 bits per heavy atom. The Balaban J connectivity index is 1.68. The first-order valence-electron chi connectivity index (χ1n) is 5.72. The zero-order valence-electron chi connectivity index (χ0n) is 8.85. The molecule has 0 spiro atoms. The molecule has 78 valence electrons. The van der Waals surface area contributed by atoms with Crippen LogP contribution in [0.15, 0.2) is 0 Å². The smallest absolute Gasteiger partial charge is 0.0590 e. The van der Waals surface area contributed by atoms with E-state index in [-0.39, 0.29) is 0 Å². The Morgan fingerprint density at radius 3 is 2.69 bits per heavy atom. The Labute approximate surface area is 82.0 Å². The third-order valence-electron chi connectivity index (χ3n) is 2.73. The summed E-state index contributed by atoms with van der Waals surface area (Å²) in [6.45, 7) is 6.12. The normalized spacial score (nSPS) is 17.3. The molecule has 0 radical (unpaired) electrons. The number of nitrogens with one attached hydrogen (secondary N) is 1. The third-order valence-corrected chi connectivity index (χ3v) is 2.73. The molecule has 0 bridgehead atoms. The van der Waals surface area contributed by atoms with E-state index in [9.17, 15) is 0 Å². The van der Waals surface area contributed by atoms with Gasteiger partial charge < -0.3 is 10.1 Å². The molecule has 0 aromatic carbocycles. The first-order valence-corrected chi connectivity index (χ1v) is 5.72. The van der Waals surface area contributed by atoms with Crippen molar-refractivity contribution in [2.45, 2.75) is 39.0 Å². The van der Waals surface area contributed by atoms with Gasteiger partial charge in [0.05, 0.1) is 6.61 Å². The van der Waals surface area contributed by atoms with Gasteiger partial charge in [0.2, 0.25) is 0 Å². The molecule has 0 saturated heterocycles. The maximum atomic E-state index is 5.37. The standard InChI is InChI=1S/C11H23NO/c1-2-9-13-10-8-12-7-6-11-4-3-5-11/h11-12H,2-10H2,1H3. The minimum atomic E-state index is 0.874. The SMILES string of the molecule is CCCOCCNCCC1CCC1. The molecule has 1 aliphatic rings. The van der Waals surface area contributed by atoms with E-state index in [0.29, 0.717) is 0 Å². The molecule has 1 rings (SSSR count). The fourth-order valence-corrected chi connectivity index (χ4v) is 1.60. The van der Waals surface area contributed by atoms with Crippen molar-refractivity contribution in [2.24, 2.45) is 5.92 Å². The lowest BCUT2D eigenvalue weighted by Gasteiger charge is -2.25. The number of ether oxygens (including phenoxy) is 1. The van der Waals surface area contributed by atoms with Crippen molar-refractivity contribution < 1.29 is 4.74 Å². The lowest BCUT2D eigenvalue weighted by atomic mass is 9.83. The molecular weight excluding hydrogens is 162 g/mol. The fourth-order valence-electron chi connectivity index (χ4n) is 1.60. The van der Waals surface area contributed by atoms with Gasteiger partial charge in [-0.25, -0.2) is 0 Å². The molecule has 0 aliphatic heterocycles. The van der Waals surface area contributed by atoms with E-state index >= 15 is 0 Å². The van der Waals surface area contributed by atoms with Crippen molar-refractivity contribution in [1.29, 1.82) is 0 Å². The average Bonchev–Trinajstić information content (AvgIpc) is 2.07. The summed E-state index contributed by atoms with van der Waals surface area (Å²) in [6.07, 6.45) is 6.89. The van der Waals surface area contributed by atoms with Gasteiger partial charge in [-0.3, -0.25) is 0 Å². The summed E-state index contributed by atoms with van der Waals surface area (Å²) < 4.78 is 5.37. The molecule has 2 nitrogen and oxygen atoms in total. The third kappa shape index (κ3) is 5.27. The Hall–Kier alpha value is -0.0800. The van der Waals surface area contributed by atoms with Crippen LogP contribution in [0.1, 0.15) is 39.0 Å². The Kier molecular flexibility index (Phi) is 6.21. The Morgan fingerprint density at radius 1 is 1.23 bits per heavy atom. The van der Waals surface area contributed by atoms with Crippen LogP contribution in [0, 0.1) is 5.92 Å². The molecule has 1 fully saturated rings. The van der Waals surface area contributed by atoms with Crippen LogP contribution < -0.4 is 5.32 Å². The van der Waals surface area contributed by atoms with Crippen molar-refractivity contribution >= 4 is 0 Å². The van der Waals surface area contributed by atoms with Crippen LogP contribution >= 0.6 is 0 Å².